The molecule has 6 nitrogen and oxygen atoms in total. The summed E-state index contributed by atoms with van der Waals surface area (Å²) in [5, 5.41) is 5.61. The molecule has 41 heavy (non-hydrogen) atoms. The number of rotatable bonds is 7. The molecule has 0 radical (unpaired) electrons. The minimum absolute atomic E-state index is 0.167. The van der Waals surface area contributed by atoms with E-state index >= 15 is 0 Å². The quantitative estimate of drug-likeness (QED) is 0.245. The smallest absolute Gasteiger partial charge is 0.251 e. The Morgan fingerprint density at radius 2 is 1.71 bits per heavy atom. The Kier molecular flexibility index (Phi) is 6.75. The third kappa shape index (κ3) is 4.88. The molecule has 2 bridgehead atoms. The van der Waals surface area contributed by atoms with Crippen molar-refractivity contribution in [2.75, 3.05) is 6.54 Å². The van der Waals surface area contributed by atoms with E-state index in [-0.39, 0.29) is 17.8 Å². The fourth-order valence-corrected chi connectivity index (χ4v) is 7.28. The zero-order chi connectivity index (χ0) is 27.9. The number of benzene rings is 3. The Labute approximate surface area is 239 Å². The third-order valence-electron chi connectivity index (χ3n) is 9.14. The highest BCUT2D eigenvalue weighted by Gasteiger charge is 2.42. The first-order valence-electron chi connectivity index (χ1n) is 14.6. The number of carbonyl (C=O) groups is 1. The van der Waals surface area contributed by atoms with Crippen LogP contribution < -0.4 is 5.32 Å². The van der Waals surface area contributed by atoms with Crippen molar-refractivity contribution in [3.63, 3.8) is 0 Å². The Hall–Kier alpha value is -4.10. The lowest BCUT2D eigenvalue weighted by Gasteiger charge is -2.40. The van der Waals surface area contributed by atoms with Crippen molar-refractivity contribution in [2.45, 2.75) is 63.2 Å². The van der Waals surface area contributed by atoms with Crippen LogP contribution in [-0.4, -0.2) is 44.0 Å². The number of carbonyl (C=O) groups excluding carboxylic acids is 1. The molecule has 4 heterocycles. The molecule has 2 aliphatic rings. The zero-order valence-corrected chi connectivity index (χ0v) is 23.2. The molecular formula is C34H34FN5O. The highest BCUT2D eigenvalue weighted by Crippen LogP contribution is 2.42. The fraction of sp³-hybridized carbons (Fsp3) is 0.324. The molecule has 2 aromatic heterocycles. The number of hydrogen-bond acceptors (Lipinski definition) is 4. The molecule has 3 atom stereocenters. The minimum Gasteiger partial charge on any atom is -0.345 e. The zero-order valence-electron chi connectivity index (χ0n) is 23.2. The van der Waals surface area contributed by atoms with Crippen LogP contribution in [0.1, 0.15) is 65.9 Å². The molecule has 0 saturated carbocycles. The molecule has 5 aromatic rings. The SMILES string of the molecule is Cc1nc2cccnc2n1C1C[C@H]2CC[C@H](C1)N2CC[C@H](NC(=O)c1ccc(F)cc1)c1cccc2ccccc12. The van der Waals surface area contributed by atoms with Gasteiger partial charge >= 0.3 is 0 Å². The van der Waals surface area contributed by atoms with Crippen molar-refractivity contribution in [1.29, 1.82) is 0 Å². The highest BCUT2D eigenvalue weighted by atomic mass is 19.1. The molecular weight excluding hydrogens is 513 g/mol. The number of hydrogen-bond donors (Lipinski definition) is 1. The van der Waals surface area contributed by atoms with E-state index in [0.29, 0.717) is 23.7 Å². The van der Waals surface area contributed by atoms with Crippen LogP contribution in [0.15, 0.2) is 85.1 Å². The van der Waals surface area contributed by atoms with Crippen LogP contribution in [0.4, 0.5) is 4.39 Å². The Balaban J connectivity index is 1.13. The molecule has 208 valence electrons. The number of aryl methyl sites for hydroxylation is 1. The summed E-state index contributed by atoms with van der Waals surface area (Å²) in [5.41, 5.74) is 3.54. The third-order valence-corrected chi connectivity index (χ3v) is 9.14. The van der Waals surface area contributed by atoms with Crippen molar-refractivity contribution in [2.24, 2.45) is 0 Å². The van der Waals surface area contributed by atoms with Crippen molar-refractivity contribution < 1.29 is 9.18 Å². The maximum absolute atomic E-state index is 13.5. The lowest BCUT2D eigenvalue weighted by atomic mass is 9.93. The van der Waals surface area contributed by atoms with E-state index in [1.807, 2.05) is 30.5 Å². The second-order valence-electron chi connectivity index (χ2n) is 11.5. The summed E-state index contributed by atoms with van der Waals surface area (Å²) in [6, 6.07) is 25.6. The number of halogens is 1. The van der Waals surface area contributed by atoms with Gasteiger partial charge in [0.25, 0.3) is 5.91 Å². The van der Waals surface area contributed by atoms with Gasteiger partial charge in [-0.25, -0.2) is 14.4 Å². The maximum atomic E-state index is 13.5. The normalized spacial score (nSPS) is 21.4. The molecule has 0 spiro atoms. The number of fused-ring (bicyclic) bond motifs is 4. The average Bonchev–Trinajstić information content (AvgIpc) is 3.45. The van der Waals surface area contributed by atoms with Gasteiger partial charge in [0.1, 0.15) is 17.2 Å². The first-order valence-corrected chi connectivity index (χ1v) is 14.6. The topological polar surface area (TPSA) is 63.1 Å². The Morgan fingerprint density at radius 3 is 2.51 bits per heavy atom. The van der Waals surface area contributed by atoms with E-state index in [1.165, 1.54) is 25.0 Å². The lowest BCUT2D eigenvalue weighted by molar-refractivity contribution is 0.0896. The Bertz CT molecular complexity index is 1690. The van der Waals surface area contributed by atoms with Crippen LogP contribution >= 0.6 is 0 Å². The van der Waals surface area contributed by atoms with E-state index in [9.17, 15) is 9.18 Å². The summed E-state index contributed by atoms with van der Waals surface area (Å²) >= 11 is 0. The van der Waals surface area contributed by atoms with Gasteiger partial charge in [0.2, 0.25) is 0 Å². The summed E-state index contributed by atoms with van der Waals surface area (Å²) in [7, 11) is 0. The molecule has 1 N–H and O–H groups in total. The van der Waals surface area contributed by atoms with Gasteiger partial charge < -0.3 is 9.88 Å². The minimum atomic E-state index is -0.347. The molecule has 1 amide bonds. The van der Waals surface area contributed by atoms with E-state index in [2.05, 4.69) is 57.0 Å². The number of nitrogens with zero attached hydrogens (tertiary/aromatic N) is 4. The predicted octanol–water partition coefficient (Wildman–Crippen LogP) is 6.76. The maximum Gasteiger partial charge on any atom is 0.251 e. The van der Waals surface area contributed by atoms with E-state index < -0.39 is 0 Å². The van der Waals surface area contributed by atoms with Crippen molar-refractivity contribution in [3.8, 4) is 0 Å². The number of imidazole rings is 1. The van der Waals surface area contributed by atoms with Crippen LogP contribution in [0.25, 0.3) is 21.9 Å². The van der Waals surface area contributed by atoms with E-state index in [0.717, 1.165) is 59.1 Å². The predicted molar refractivity (Wildman–Crippen MR) is 159 cm³/mol. The van der Waals surface area contributed by atoms with Crippen molar-refractivity contribution >= 4 is 27.8 Å². The largest absolute Gasteiger partial charge is 0.345 e. The number of amides is 1. The van der Waals surface area contributed by atoms with E-state index in [4.69, 9.17) is 4.98 Å². The summed E-state index contributed by atoms with van der Waals surface area (Å²) in [6.45, 7) is 3.00. The van der Waals surface area contributed by atoms with Crippen molar-refractivity contribution in [3.05, 3.63) is 108 Å². The molecule has 3 aromatic carbocycles. The van der Waals surface area contributed by atoms with Crippen LogP contribution in [0.3, 0.4) is 0 Å². The van der Waals surface area contributed by atoms with Gasteiger partial charge in [-0.05, 0) is 91.8 Å². The molecule has 2 fully saturated rings. The number of aromatic nitrogens is 3. The molecule has 0 unspecified atom stereocenters. The Morgan fingerprint density at radius 1 is 0.951 bits per heavy atom. The first-order chi connectivity index (χ1) is 20.0. The van der Waals surface area contributed by atoms with Gasteiger partial charge in [0, 0.05) is 36.4 Å². The van der Waals surface area contributed by atoms with E-state index in [1.54, 1.807) is 12.1 Å². The van der Waals surface area contributed by atoms with Gasteiger partial charge in [-0.1, -0.05) is 42.5 Å². The van der Waals surface area contributed by atoms with Gasteiger partial charge in [-0.2, -0.15) is 0 Å². The molecule has 0 aliphatic carbocycles. The van der Waals surface area contributed by atoms with Gasteiger partial charge in [0.05, 0.1) is 6.04 Å². The van der Waals surface area contributed by atoms with Crippen LogP contribution in [0.2, 0.25) is 0 Å². The molecule has 7 rings (SSSR count). The summed E-state index contributed by atoms with van der Waals surface area (Å²) < 4.78 is 15.9. The standard InChI is InChI=1S/C34H34FN5O/c1-22-37-32-10-5-18-36-33(32)40(22)28-20-26-15-16-27(21-28)39(26)19-17-31(38-34(41)24-11-13-25(35)14-12-24)30-9-4-7-23-6-2-3-8-29(23)30/h2-14,18,26-28,31H,15-17,19-21H2,1H3,(H,38,41)/t26-,27-,31+/m1/s1. The van der Waals surface area contributed by atoms with Crippen LogP contribution in [-0.2, 0) is 0 Å². The van der Waals surface area contributed by atoms with Gasteiger partial charge in [0.15, 0.2) is 5.65 Å². The van der Waals surface area contributed by atoms with Crippen molar-refractivity contribution in [1.82, 2.24) is 24.8 Å². The second kappa shape index (κ2) is 10.7. The average molecular weight is 548 g/mol. The molecule has 7 heteroatoms. The second-order valence-corrected chi connectivity index (χ2v) is 11.5. The monoisotopic (exact) mass is 547 g/mol. The van der Waals surface area contributed by atoms with Gasteiger partial charge in [-0.15, -0.1) is 0 Å². The van der Waals surface area contributed by atoms with Crippen LogP contribution in [0, 0.1) is 12.7 Å². The number of pyridine rings is 1. The highest BCUT2D eigenvalue weighted by molar-refractivity contribution is 5.95. The summed E-state index contributed by atoms with van der Waals surface area (Å²) in [6.07, 6.45) is 7.22. The van der Waals surface area contributed by atoms with Gasteiger partial charge in [-0.3, -0.25) is 9.69 Å². The molecule has 2 saturated heterocycles. The number of piperidine rings is 1. The molecule has 2 aliphatic heterocycles. The fourth-order valence-electron chi connectivity index (χ4n) is 7.28. The summed E-state index contributed by atoms with van der Waals surface area (Å²) in [5.74, 6) is 0.511. The van der Waals surface area contributed by atoms with Crippen LogP contribution in [0.5, 0.6) is 0 Å². The summed E-state index contributed by atoms with van der Waals surface area (Å²) in [4.78, 5) is 25.4. The first kappa shape index (κ1) is 25.8. The lowest BCUT2D eigenvalue weighted by Crippen LogP contribution is -2.45. The number of nitrogens with one attached hydrogen (secondary N) is 1.